The van der Waals surface area contributed by atoms with Crippen LogP contribution < -0.4 is 4.72 Å². The van der Waals surface area contributed by atoms with Crippen molar-refractivity contribution in [3.63, 3.8) is 0 Å². The topological polar surface area (TPSA) is 38.3 Å². The van der Waals surface area contributed by atoms with Gasteiger partial charge in [0.15, 0.2) is 8.32 Å². The molecule has 5 heteroatoms. The van der Waals surface area contributed by atoms with Crippen LogP contribution in [-0.2, 0) is 14.1 Å². The highest BCUT2D eigenvalue weighted by molar-refractivity contribution is 7.99. The monoisotopic (exact) mass is 477 g/mol. The Morgan fingerprint density at radius 1 is 1.16 bits per heavy atom. The van der Waals surface area contributed by atoms with Crippen LogP contribution in [0.3, 0.4) is 0 Å². The molecule has 0 radical (unpaired) electrons. The zero-order valence-electron chi connectivity index (χ0n) is 21.4. The van der Waals surface area contributed by atoms with Gasteiger partial charge < -0.3 is 4.43 Å². The van der Waals surface area contributed by atoms with Gasteiger partial charge in [-0.05, 0) is 98.0 Å². The molecule has 0 bridgehead atoms. The van der Waals surface area contributed by atoms with Crippen LogP contribution in [-0.4, -0.2) is 31.0 Å². The zero-order chi connectivity index (χ0) is 23.4. The Morgan fingerprint density at radius 3 is 2.41 bits per heavy atom. The van der Waals surface area contributed by atoms with Gasteiger partial charge in [0.1, 0.15) is 0 Å². The van der Waals surface area contributed by atoms with Crippen LogP contribution in [0.4, 0.5) is 0 Å². The molecule has 3 rings (SSSR count). The highest BCUT2D eigenvalue weighted by atomic mass is 32.2. The molecule has 0 saturated heterocycles. The van der Waals surface area contributed by atoms with Crippen molar-refractivity contribution < 1.29 is 8.63 Å². The maximum Gasteiger partial charge on any atom is 0.192 e. The molecule has 2 aliphatic carbocycles. The van der Waals surface area contributed by atoms with Crippen molar-refractivity contribution in [3.8, 4) is 0 Å². The number of hydrogen-bond donors (Lipinski definition) is 1. The van der Waals surface area contributed by atoms with E-state index in [9.17, 15) is 4.21 Å². The van der Waals surface area contributed by atoms with Gasteiger partial charge in [-0.1, -0.05) is 59.2 Å². The molecule has 32 heavy (non-hydrogen) atoms. The molecule has 2 saturated carbocycles. The normalized spacial score (nSPS) is 31.0. The van der Waals surface area contributed by atoms with E-state index >= 15 is 0 Å². The molecule has 1 N–H and O–H groups in total. The summed E-state index contributed by atoms with van der Waals surface area (Å²) in [7, 11) is -2.08. The van der Waals surface area contributed by atoms with E-state index in [1.54, 1.807) is 0 Å². The summed E-state index contributed by atoms with van der Waals surface area (Å²) in [5.74, 6) is 1.92. The SMILES string of the molecule is CC[Si](CC)(CC)O[C@H]1CCC[C@]2(C)[C@@H]([C@H](C)CC=S(=O)(NC)c3ccccc3)CC[C@@H]12. The highest BCUT2D eigenvalue weighted by Gasteiger charge is 2.53. The van der Waals surface area contributed by atoms with Crippen molar-refractivity contribution in [2.45, 2.75) is 102 Å². The first-order chi connectivity index (χ1) is 15.3. The molecule has 0 amide bonds. The number of fused-ring (bicyclic) bond motifs is 1. The molecule has 2 aliphatic rings. The lowest BCUT2D eigenvalue weighted by Gasteiger charge is -2.48. The first kappa shape index (κ1) is 26.0. The molecular formula is C27H47NO2SSi. The van der Waals surface area contributed by atoms with E-state index in [2.05, 4.69) is 44.7 Å². The third-order valence-corrected chi connectivity index (χ3v) is 16.2. The molecule has 6 atom stereocenters. The van der Waals surface area contributed by atoms with Gasteiger partial charge in [0.2, 0.25) is 0 Å². The Bertz CT molecular complexity index is 838. The number of hydrogen-bond acceptors (Lipinski definition) is 2. The molecule has 0 aromatic heterocycles. The van der Waals surface area contributed by atoms with Crippen molar-refractivity contribution in [3.05, 3.63) is 30.3 Å². The minimum atomic E-state index is -2.32. The Balaban J connectivity index is 1.77. The minimum Gasteiger partial charge on any atom is -0.414 e. The quantitative estimate of drug-likeness (QED) is 0.294. The Kier molecular flexibility index (Phi) is 8.73. The van der Waals surface area contributed by atoms with E-state index in [1.165, 1.54) is 50.2 Å². The zero-order valence-corrected chi connectivity index (χ0v) is 23.2. The fourth-order valence-corrected chi connectivity index (χ4v) is 11.6. The second kappa shape index (κ2) is 10.8. The molecule has 1 unspecified atom stereocenters. The third-order valence-electron chi connectivity index (χ3n) is 9.26. The molecule has 2 fully saturated rings. The number of nitrogens with one attached hydrogen (secondary N) is 1. The Hall–Kier alpha value is -0.623. The van der Waals surface area contributed by atoms with Crippen LogP contribution in [0, 0.1) is 23.2 Å². The lowest BCUT2D eigenvalue weighted by Crippen LogP contribution is -2.48. The van der Waals surface area contributed by atoms with Crippen molar-refractivity contribution >= 4 is 23.4 Å². The summed E-state index contributed by atoms with van der Waals surface area (Å²) in [5, 5.41) is 2.07. The van der Waals surface area contributed by atoms with Crippen LogP contribution >= 0.6 is 0 Å². The predicted molar refractivity (Wildman–Crippen MR) is 142 cm³/mol. The van der Waals surface area contributed by atoms with Crippen molar-refractivity contribution in [2.24, 2.45) is 23.2 Å². The summed E-state index contributed by atoms with van der Waals surface area (Å²) in [6, 6.07) is 13.6. The van der Waals surface area contributed by atoms with Crippen molar-refractivity contribution in [1.29, 1.82) is 0 Å². The fourth-order valence-electron chi connectivity index (χ4n) is 6.93. The molecule has 182 valence electrons. The molecule has 0 heterocycles. The summed E-state index contributed by atoms with van der Waals surface area (Å²) in [6.07, 6.45) is 7.83. The summed E-state index contributed by atoms with van der Waals surface area (Å²) in [4.78, 5) is 0.885. The van der Waals surface area contributed by atoms with E-state index in [4.69, 9.17) is 4.43 Å². The van der Waals surface area contributed by atoms with E-state index in [0.717, 1.165) is 11.3 Å². The average molecular weight is 478 g/mol. The second-order valence-corrected chi connectivity index (χ2v) is 17.7. The predicted octanol–water partition coefficient (Wildman–Crippen LogP) is 6.90. The fraction of sp³-hybridized carbons (Fsp3) is 0.741. The van der Waals surface area contributed by atoms with Crippen LogP contribution in [0.5, 0.6) is 0 Å². The van der Waals surface area contributed by atoms with Gasteiger partial charge in [0.25, 0.3) is 0 Å². The van der Waals surface area contributed by atoms with Gasteiger partial charge in [0.05, 0.1) is 9.71 Å². The Labute approximate surface area is 199 Å². The molecule has 1 aromatic rings. The molecular weight excluding hydrogens is 430 g/mol. The van der Waals surface area contributed by atoms with Crippen LogP contribution in [0.1, 0.15) is 73.1 Å². The summed E-state index contributed by atoms with van der Waals surface area (Å²) >= 11 is 0. The van der Waals surface area contributed by atoms with E-state index in [0.29, 0.717) is 29.3 Å². The summed E-state index contributed by atoms with van der Waals surface area (Å²) in [6.45, 7) is 12.0. The smallest absolute Gasteiger partial charge is 0.192 e. The van der Waals surface area contributed by atoms with E-state index < -0.39 is 18.0 Å². The third kappa shape index (κ3) is 5.06. The number of rotatable bonds is 10. The first-order valence-electron chi connectivity index (χ1n) is 13.1. The maximum absolute atomic E-state index is 13.6. The maximum atomic E-state index is 13.6. The molecule has 0 spiro atoms. The lowest BCUT2D eigenvalue weighted by atomic mass is 9.61. The van der Waals surface area contributed by atoms with Gasteiger partial charge in [-0.3, -0.25) is 0 Å². The lowest BCUT2D eigenvalue weighted by molar-refractivity contribution is -0.0185. The first-order valence-corrected chi connectivity index (χ1v) is 17.2. The number of benzene rings is 1. The van der Waals surface area contributed by atoms with Gasteiger partial charge in [-0.2, -0.15) is 0 Å². The molecule has 1 aromatic carbocycles. The summed E-state index contributed by atoms with van der Waals surface area (Å²) in [5.41, 5.74) is 0.360. The minimum absolute atomic E-state index is 0.360. The molecule has 3 nitrogen and oxygen atoms in total. The van der Waals surface area contributed by atoms with Gasteiger partial charge in [-0.25, -0.2) is 8.93 Å². The van der Waals surface area contributed by atoms with Crippen molar-refractivity contribution in [2.75, 3.05) is 7.05 Å². The van der Waals surface area contributed by atoms with E-state index in [-0.39, 0.29) is 0 Å². The van der Waals surface area contributed by atoms with Gasteiger partial charge >= 0.3 is 0 Å². The van der Waals surface area contributed by atoms with Crippen LogP contribution in [0.15, 0.2) is 35.2 Å². The second-order valence-electron chi connectivity index (χ2n) is 10.6. The average Bonchev–Trinajstić information content (AvgIpc) is 3.19. The Morgan fingerprint density at radius 2 is 1.81 bits per heavy atom. The largest absolute Gasteiger partial charge is 0.414 e. The van der Waals surface area contributed by atoms with Gasteiger partial charge in [0, 0.05) is 11.0 Å². The van der Waals surface area contributed by atoms with Crippen LogP contribution in [0.25, 0.3) is 0 Å². The molecule has 0 aliphatic heterocycles. The standard InChI is InChI=1S/C27H47NO2SSi/c1-7-32(8-2,9-3)30-26-16-13-20-27(5)24(17-18-25(26)27)22(4)19-21-31(29,28-6)23-14-11-10-12-15-23/h10-12,14-15,21-22,24-26H,7-9,13,16-20H2,1-6H3,(H,28,29)/t22-,24-,25+,26+,27-,31?/m1/s1. The van der Waals surface area contributed by atoms with Gasteiger partial charge in [-0.15, -0.1) is 0 Å². The van der Waals surface area contributed by atoms with Crippen LogP contribution in [0.2, 0.25) is 18.1 Å². The van der Waals surface area contributed by atoms with Crippen molar-refractivity contribution in [1.82, 2.24) is 4.72 Å². The summed E-state index contributed by atoms with van der Waals surface area (Å²) < 4.78 is 23.8. The highest BCUT2D eigenvalue weighted by Crippen LogP contribution is 2.59. The van der Waals surface area contributed by atoms with E-state index in [1.807, 2.05) is 37.4 Å².